The summed E-state index contributed by atoms with van der Waals surface area (Å²) in [5.74, 6) is -0.244. The Labute approximate surface area is 362 Å². The first-order valence-corrected chi connectivity index (χ1v) is 22.4. The molecule has 336 valence electrons. The van der Waals surface area contributed by atoms with Gasteiger partial charge in [-0.1, -0.05) is 148 Å². The van der Waals surface area contributed by atoms with Crippen molar-refractivity contribution in [3.63, 3.8) is 0 Å². The molecule has 7 atom stereocenters. The van der Waals surface area contributed by atoms with Crippen molar-refractivity contribution in [2.45, 2.75) is 166 Å². The molecule has 0 aliphatic carbocycles. The van der Waals surface area contributed by atoms with Gasteiger partial charge >= 0.3 is 0 Å². The summed E-state index contributed by atoms with van der Waals surface area (Å²) in [4.78, 5) is 12.9. The van der Waals surface area contributed by atoms with Gasteiger partial charge in [0.25, 0.3) is 0 Å². The smallest absolute Gasteiger partial charge is 0.220 e. The van der Waals surface area contributed by atoms with Gasteiger partial charge in [0.2, 0.25) is 5.91 Å². The van der Waals surface area contributed by atoms with Crippen LogP contribution in [0.25, 0.3) is 0 Å². The molecule has 1 saturated heterocycles. The number of unbranched alkanes of at least 4 members (excludes halogenated alkanes) is 4. The van der Waals surface area contributed by atoms with E-state index in [0.29, 0.717) is 12.8 Å². The Bertz CT molecular complexity index is 1380. The van der Waals surface area contributed by atoms with E-state index in [1.54, 1.807) is 6.08 Å². The van der Waals surface area contributed by atoms with Crippen LogP contribution >= 0.6 is 0 Å². The van der Waals surface area contributed by atoms with Crippen LogP contribution in [0.4, 0.5) is 0 Å². The van der Waals surface area contributed by atoms with Crippen LogP contribution in [-0.4, -0.2) is 87.5 Å². The minimum atomic E-state index is -1.59. The molecular formula is C51H79NO8. The van der Waals surface area contributed by atoms with Crippen molar-refractivity contribution >= 4 is 5.91 Å². The lowest BCUT2D eigenvalue weighted by molar-refractivity contribution is -0.302. The molecule has 1 heterocycles. The van der Waals surface area contributed by atoms with Crippen molar-refractivity contribution in [2.75, 3.05) is 13.2 Å². The zero-order chi connectivity index (χ0) is 43.7. The molecule has 60 heavy (non-hydrogen) atoms. The molecule has 1 amide bonds. The third kappa shape index (κ3) is 29.5. The highest BCUT2D eigenvalue weighted by Crippen LogP contribution is 2.22. The third-order valence-electron chi connectivity index (χ3n) is 9.45. The molecule has 0 aromatic carbocycles. The van der Waals surface area contributed by atoms with Crippen molar-refractivity contribution in [1.82, 2.24) is 5.32 Å². The molecule has 1 aliphatic heterocycles. The van der Waals surface area contributed by atoms with Gasteiger partial charge in [-0.15, -0.1) is 0 Å². The summed E-state index contributed by atoms with van der Waals surface area (Å²) in [5, 5.41) is 53.9. The first-order chi connectivity index (χ1) is 29.3. The molecule has 9 nitrogen and oxygen atoms in total. The second kappa shape index (κ2) is 39.5. The molecule has 0 aromatic heterocycles. The fourth-order valence-corrected chi connectivity index (χ4v) is 5.91. The molecule has 0 spiro atoms. The highest BCUT2D eigenvalue weighted by molar-refractivity contribution is 5.76. The number of aliphatic hydroxyl groups is 5. The molecule has 0 aromatic rings. The molecule has 9 heteroatoms. The van der Waals surface area contributed by atoms with Gasteiger partial charge in [-0.3, -0.25) is 4.79 Å². The lowest BCUT2D eigenvalue weighted by Crippen LogP contribution is -2.60. The van der Waals surface area contributed by atoms with Crippen molar-refractivity contribution < 1.29 is 39.8 Å². The lowest BCUT2D eigenvalue weighted by atomic mass is 9.99. The Kier molecular flexibility index (Phi) is 35.7. The summed E-state index contributed by atoms with van der Waals surface area (Å²) in [7, 11) is 0. The van der Waals surface area contributed by atoms with Crippen molar-refractivity contribution in [1.29, 1.82) is 0 Å². The molecule has 1 fully saturated rings. The number of nitrogens with one attached hydrogen (secondary N) is 1. The van der Waals surface area contributed by atoms with Gasteiger partial charge in [-0.25, -0.2) is 0 Å². The summed E-state index contributed by atoms with van der Waals surface area (Å²) in [6.07, 6.45) is 53.7. The predicted octanol–water partition coefficient (Wildman–Crippen LogP) is 9.44. The Hall–Kier alpha value is -3.67. The second-order valence-electron chi connectivity index (χ2n) is 14.7. The topological polar surface area (TPSA) is 149 Å². The minimum absolute atomic E-state index is 0.235. The highest BCUT2D eigenvalue weighted by Gasteiger charge is 2.44. The van der Waals surface area contributed by atoms with Crippen LogP contribution in [0.1, 0.15) is 123 Å². The second-order valence-corrected chi connectivity index (χ2v) is 14.7. The van der Waals surface area contributed by atoms with Crippen LogP contribution in [0.3, 0.4) is 0 Å². The fraction of sp³-hybridized carbons (Fsp3) is 0.549. The fourth-order valence-electron chi connectivity index (χ4n) is 5.91. The van der Waals surface area contributed by atoms with Gasteiger partial charge in [0.1, 0.15) is 24.4 Å². The molecule has 6 N–H and O–H groups in total. The summed E-state index contributed by atoms with van der Waals surface area (Å²) < 4.78 is 11.1. The summed E-state index contributed by atoms with van der Waals surface area (Å²) in [6, 6.07) is -0.860. The van der Waals surface area contributed by atoms with E-state index in [4.69, 9.17) is 9.47 Å². The molecule has 7 unspecified atom stereocenters. The number of hydrogen-bond donors (Lipinski definition) is 6. The SMILES string of the molecule is CC/C=C\C/C=C\C/C=C\C/C=C\C/C=C\C/C=C\C/C=C\C/C=C\CCCCC(=O)NC(COC1OC(CO)C(O)C(O)C1O)C(O)/C=C/CC/C=C/CC/C=C/CC. The molecule has 1 rings (SSSR count). The molecule has 0 bridgehead atoms. The monoisotopic (exact) mass is 834 g/mol. The maximum Gasteiger partial charge on any atom is 0.220 e. The quantitative estimate of drug-likeness (QED) is 0.0278. The van der Waals surface area contributed by atoms with E-state index in [2.05, 4.69) is 141 Å². The normalized spacial score (nSPS) is 21.9. The number of allylic oxidation sites excluding steroid dienone is 21. The zero-order valence-electron chi connectivity index (χ0n) is 36.6. The average molecular weight is 834 g/mol. The molecule has 1 aliphatic rings. The van der Waals surface area contributed by atoms with E-state index in [9.17, 15) is 30.3 Å². The molecule has 0 radical (unpaired) electrons. The number of hydrogen-bond acceptors (Lipinski definition) is 8. The van der Waals surface area contributed by atoms with E-state index >= 15 is 0 Å². The zero-order valence-corrected chi connectivity index (χ0v) is 36.6. The van der Waals surface area contributed by atoms with Gasteiger partial charge in [-0.2, -0.15) is 0 Å². The Morgan fingerprint density at radius 1 is 0.567 bits per heavy atom. The number of amides is 1. The van der Waals surface area contributed by atoms with Crippen LogP contribution < -0.4 is 5.32 Å². The van der Waals surface area contributed by atoms with Crippen molar-refractivity contribution in [3.8, 4) is 0 Å². The molecular weight excluding hydrogens is 755 g/mol. The van der Waals surface area contributed by atoms with E-state index in [1.165, 1.54) is 0 Å². The van der Waals surface area contributed by atoms with Crippen molar-refractivity contribution in [3.05, 3.63) is 134 Å². The van der Waals surface area contributed by atoms with E-state index < -0.39 is 49.5 Å². The first kappa shape index (κ1) is 54.3. The number of aliphatic hydroxyl groups excluding tert-OH is 5. The van der Waals surface area contributed by atoms with Crippen LogP contribution in [0, 0.1) is 0 Å². The number of carbonyl (C=O) groups is 1. The summed E-state index contributed by atoms with van der Waals surface area (Å²) in [5.41, 5.74) is 0. The summed E-state index contributed by atoms with van der Waals surface area (Å²) in [6.45, 7) is 3.44. The van der Waals surface area contributed by atoms with Crippen LogP contribution in [0.5, 0.6) is 0 Å². The Morgan fingerprint density at radius 2 is 0.983 bits per heavy atom. The van der Waals surface area contributed by atoms with Gasteiger partial charge in [0.15, 0.2) is 6.29 Å². The first-order valence-electron chi connectivity index (χ1n) is 22.4. The van der Waals surface area contributed by atoms with Gasteiger partial charge in [0, 0.05) is 6.42 Å². The third-order valence-corrected chi connectivity index (χ3v) is 9.45. The Morgan fingerprint density at radius 3 is 1.47 bits per heavy atom. The van der Waals surface area contributed by atoms with E-state index in [1.807, 2.05) is 6.08 Å². The standard InChI is InChI=1S/C51H79NO8/c1-3-5-7-9-11-13-15-16-17-18-19-20-21-22-23-24-25-26-27-28-29-30-31-33-35-37-39-41-47(55)52-44(43-59-51-50(58)49(57)48(56)46(42-53)60-51)45(54)40-38-36-34-32-14-12-10-8-6-4-2/h5-8,11,13-14,16-17,19-20,22-23,25-26,28-29,31-33,38,40,44-46,48-51,53-54,56-58H,3-4,9-10,12,15,18,21,24,27,30,34-37,39,41-43H2,1-2H3,(H,52,55)/b7-5-,8-6+,13-11-,17-16-,20-19-,23-22-,26-25-,29-28-,32-14+,33-31-,40-38+. The maximum atomic E-state index is 12.9. The lowest BCUT2D eigenvalue weighted by Gasteiger charge is -2.40. The van der Waals surface area contributed by atoms with Gasteiger partial charge < -0.3 is 40.3 Å². The van der Waals surface area contributed by atoms with Crippen LogP contribution in [0.2, 0.25) is 0 Å². The van der Waals surface area contributed by atoms with Gasteiger partial charge in [-0.05, 0) is 103 Å². The number of rotatable bonds is 34. The maximum absolute atomic E-state index is 12.9. The van der Waals surface area contributed by atoms with E-state index in [0.717, 1.165) is 89.9 Å². The largest absolute Gasteiger partial charge is 0.394 e. The predicted molar refractivity (Wildman–Crippen MR) is 248 cm³/mol. The van der Waals surface area contributed by atoms with Crippen molar-refractivity contribution in [2.24, 2.45) is 0 Å². The average Bonchev–Trinajstić information content (AvgIpc) is 3.25. The van der Waals surface area contributed by atoms with E-state index in [-0.39, 0.29) is 18.9 Å². The minimum Gasteiger partial charge on any atom is -0.394 e. The van der Waals surface area contributed by atoms with Gasteiger partial charge in [0.05, 0.1) is 25.4 Å². The highest BCUT2D eigenvalue weighted by atomic mass is 16.7. The molecule has 0 saturated carbocycles. The number of ether oxygens (including phenoxy) is 2. The van der Waals surface area contributed by atoms with Crippen LogP contribution in [0.15, 0.2) is 134 Å². The summed E-state index contributed by atoms with van der Waals surface area (Å²) >= 11 is 0. The Balaban J connectivity index is 2.36. The number of carbonyl (C=O) groups excluding carboxylic acids is 1. The van der Waals surface area contributed by atoms with Crippen LogP contribution in [-0.2, 0) is 14.3 Å².